The molecule has 0 heterocycles. The van der Waals surface area contributed by atoms with Crippen molar-refractivity contribution in [3.63, 3.8) is 0 Å². The highest BCUT2D eigenvalue weighted by Gasteiger charge is 2.36. The molecule has 0 unspecified atom stereocenters. The highest BCUT2D eigenvalue weighted by atomic mass is 16.6. The predicted octanol–water partition coefficient (Wildman–Crippen LogP) is 6.85. The molecule has 0 aliphatic heterocycles. The third-order valence-electron chi connectivity index (χ3n) is 11.2. The number of allylic oxidation sites excluding steroid dienone is 5. The lowest BCUT2D eigenvalue weighted by atomic mass is 9.79. The van der Waals surface area contributed by atoms with Crippen LogP contribution in [0.5, 0.6) is 23.0 Å². The molecule has 11 heteroatoms. The molecule has 0 bridgehead atoms. The Hall–Kier alpha value is -6.10. The second-order valence-electron chi connectivity index (χ2n) is 14.6. The van der Waals surface area contributed by atoms with Crippen molar-refractivity contribution < 1.29 is 48.5 Å². The number of nitrogens with zero attached hydrogens (tertiary/aromatic N) is 2. The monoisotopic (exact) mass is 790 g/mol. The fourth-order valence-electron chi connectivity index (χ4n) is 7.35. The number of phenolic OH excluding ortho intramolecular Hbond substituents is 2. The zero-order chi connectivity index (χ0) is 42.6. The van der Waals surface area contributed by atoms with E-state index in [-0.39, 0.29) is 51.7 Å². The van der Waals surface area contributed by atoms with Crippen LogP contribution in [-0.4, -0.2) is 71.0 Å². The number of aromatic hydroxyl groups is 2. The molecule has 2 aliphatic carbocycles. The first kappa shape index (κ1) is 43.0. The first-order chi connectivity index (χ1) is 27.6. The minimum Gasteiger partial charge on any atom is -0.871 e. The number of esters is 2. The van der Waals surface area contributed by atoms with E-state index in [1.807, 2.05) is 59.4 Å². The molecule has 2 aliphatic rings. The summed E-state index contributed by atoms with van der Waals surface area (Å²) in [7, 11) is 0. The summed E-state index contributed by atoms with van der Waals surface area (Å²) < 4.78 is 19.7. The van der Waals surface area contributed by atoms with Crippen LogP contribution in [-0.2, 0) is 25.5 Å². The number of phenols is 2. The van der Waals surface area contributed by atoms with E-state index in [0.29, 0.717) is 55.0 Å². The van der Waals surface area contributed by atoms with Crippen molar-refractivity contribution in [1.82, 2.24) is 0 Å². The lowest BCUT2D eigenvalue weighted by Crippen LogP contribution is -2.32. The summed E-state index contributed by atoms with van der Waals surface area (Å²) in [4.78, 5) is 42.9. The quantitative estimate of drug-likeness (QED) is 0.0769. The van der Waals surface area contributed by atoms with Crippen LogP contribution in [0.15, 0.2) is 71.2 Å². The highest BCUT2D eigenvalue weighted by Crippen LogP contribution is 2.43. The second-order valence-corrected chi connectivity index (χ2v) is 14.6. The molecule has 0 saturated carbocycles. The van der Waals surface area contributed by atoms with Gasteiger partial charge in [0.05, 0.1) is 6.08 Å². The smallest absolute Gasteiger partial charge is 0.349 e. The fraction of sp³-hybridized carbons (Fsp3) is 0.362. The van der Waals surface area contributed by atoms with Gasteiger partial charge in [-0.2, -0.15) is 0 Å². The molecule has 5 rings (SSSR count). The number of benzene rings is 3. The van der Waals surface area contributed by atoms with Crippen molar-refractivity contribution in [2.45, 2.75) is 82.1 Å². The number of carbonyl (C=O) groups excluding carboxylic acids is 3. The molecule has 0 fully saturated rings. The summed E-state index contributed by atoms with van der Waals surface area (Å²) in [6.45, 7) is 21.0. The third-order valence-corrected chi connectivity index (χ3v) is 11.2. The van der Waals surface area contributed by atoms with Gasteiger partial charge in [-0.05, 0) is 139 Å². The maximum absolute atomic E-state index is 14.1. The van der Waals surface area contributed by atoms with Crippen molar-refractivity contribution in [3.05, 3.63) is 116 Å². The molecule has 0 saturated heterocycles. The van der Waals surface area contributed by atoms with E-state index >= 15 is 0 Å². The number of hydrogen-bond donors (Lipinski definition) is 2. The minimum absolute atomic E-state index is 0.0247. The van der Waals surface area contributed by atoms with E-state index in [1.165, 1.54) is 0 Å². The summed E-state index contributed by atoms with van der Waals surface area (Å²) >= 11 is 0. The van der Waals surface area contributed by atoms with Crippen LogP contribution in [0, 0.1) is 41.5 Å². The Morgan fingerprint density at radius 1 is 0.759 bits per heavy atom. The lowest BCUT2D eigenvalue weighted by molar-refractivity contribution is -0.519. The Bertz CT molecular complexity index is 2330. The van der Waals surface area contributed by atoms with Crippen LogP contribution in [0.4, 0.5) is 5.69 Å². The van der Waals surface area contributed by atoms with Crippen LogP contribution in [0.25, 0.3) is 5.57 Å². The van der Waals surface area contributed by atoms with Crippen LogP contribution in [0.2, 0.25) is 0 Å². The lowest BCUT2D eigenvalue weighted by Gasteiger charge is -2.34. The summed E-state index contributed by atoms with van der Waals surface area (Å²) in [5, 5.41) is 34.8. The van der Waals surface area contributed by atoms with E-state index in [9.17, 15) is 29.7 Å². The van der Waals surface area contributed by atoms with E-state index in [2.05, 4.69) is 4.58 Å². The Morgan fingerprint density at radius 2 is 1.40 bits per heavy atom. The number of Topliss-reactive ketones (excluding diaryl/α,β-unsaturated/α-hetero) is 1. The van der Waals surface area contributed by atoms with E-state index in [0.717, 1.165) is 33.7 Å². The van der Waals surface area contributed by atoms with Gasteiger partial charge in [0.15, 0.2) is 12.4 Å². The summed E-state index contributed by atoms with van der Waals surface area (Å²) in [6, 6.07) is 8.53. The number of carbonyl (C=O) groups is 3. The van der Waals surface area contributed by atoms with Gasteiger partial charge in [0.1, 0.15) is 41.8 Å². The molecule has 3 aromatic carbocycles. The molecule has 0 atom stereocenters. The first-order valence-electron chi connectivity index (χ1n) is 19.8. The molecular weight excluding hydrogens is 737 g/mol. The van der Waals surface area contributed by atoms with E-state index in [1.54, 1.807) is 63.3 Å². The van der Waals surface area contributed by atoms with Crippen LogP contribution in [0.1, 0.15) is 78.6 Å². The van der Waals surface area contributed by atoms with Gasteiger partial charge in [-0.3, -0.25) is 9.59 Å². The summed E-state index contributed by atoms with van der Waals surface area (Å²) in [5.41, 5.74) is 6.75. The molecule has 11 nitrogen and oxygen atoms in total. The zero-order valence-corrected chi connectivity index (χ0v) is 35.2. The summed E-state index contributed by atoms with van der Waals surface area (Å²) in [5.74, 6) is -1.50. The Labute approximate surface area is 340 Å². The van der Waals surface area contributed by atoms with Gasteiger partial charge in [0, 0.05) is 59.6 Å². The first-order valence-corrected chi connectivity index (χ1v) is 19.8. The van der Waals surface area contributed by atoms with E-state index < -0.39 is 30.1 Å². The predicted molar refractivity (Wildman–Crippen MR) is 223 cm³/mol. The third kappa shape index (κ3) is 8.58. The van der Waals surface area contributed by atoms with Gasteiger partial charge in [-0.15, -0.1) is 0 Å². The largest absolute Gasteiger partial charge is 0.871 e. The molecule has 58 heavy (non-hydrogen) atoms. The highest BCUT2D eigenvalue weighted by molar-refractivity contribution is 6.40. The van der Waals surface area contributed by atoms with Crippen LogP contribution in [0.3, 0.4) is 0 Å². The van der Waals surface area contributed by atoms with Crippen molar-refractivity contribution in [1.29, 1.82) is 0 Å². The second kappa shape index (κ2) is 18.0. The molecular formula is C47H54N2O9. The number of rotatable bonds is 14. The minimum atomic E-state index is -0.751. The molecule has 0 spiro atoms. The zero-order valence-electron chi connectivity index (χ0n) is 35.2. The standard InChI is InChI=1S/C47H54N2O9/c1-11-48(12-2)33-16-18-35(38(23-33)57-40(50)20-15-32-21-26(5)44(52)30(9)28(32)7)42-46(54)43(47(42)55)36-19-17-34(49(13-3)14-4)24-39(36)58-41(51)25-56-37-22-27(6)45(53)31(10)29(37)8/h16-19,21-24H,11-15,20,25H2,1-10H3,(H2-,52,53,54,55). The molecule has 306 valence electrons. The molecule has 0 aromatic heterocycles. The maximum atomic E-state index is 14.1. The molecule has 0 amide bonds. The van der Waals surface area contributed by atoms with Gasteiger partial charge in [0.2, 0.25) is 5.71 Å². The van der Waals surface area contributed by atoms with Gasteiger partial charge < -0.3 is 34.4 Å². The van der Waals surface area contributed by atoms with E-state index in [4.69, 9.17) is 14.2 Å². The topological polar surface area (TPSA) is 149 Å². The number of ether oxygens (including phenoxy) is 3. The van der Waals surface area contributed by atoms with Crippen LogP contribution >= 0.6 is 0 Å². The van der Waals surface area contributed by atoms with Gasteiger partial charge in [-0.25, -0.2) is 9.37 Å². The fourth-order valence-corrected chi connectivity index (χ4v) is 7.35. The summed E-state index contributed by atoms with van der Waals surface area (Å²) in [6.07, 6.45) is 5.49. The van der Waals surface area contributed by atoms with Crippen molar-refractivity contribution in [2.75, 3.05) is 37.7 Å². The van der Waals surface area contributed by atoms with Crippen molar-refractivity contribution >= 4 is 34.7 Å². The Balaban J connectivity index is 1.49. The molecule has 3 aromatic rings. The number of ketones is 1. The average molecular weight is 791 g/mol. The van der Waals surface area contributed by atoms with Gasteiger partial charge in [0.25, 0.3) is 0 Å². The Kier molecular flexibility index (Phi) is 13.4. The molecule has 0 radical (unpaired) electrons. The number of anilines is 1. The van der Waals surface area contributed by atoms with Gasteiger partial charge in [-0.1, -0.05) is 11.8 Å². The number of aryl methyl sites for hydroxylation is 3. The number of hydrogen-bond acceptors (Lipinski definition) is 10. The van der Waals surface area contributed by atoms with Crippen molar-refractivity contribution in [2.24, 2.45) is 0 Å². The van der Waals surface area contributed by atoms with Crippen molar-refractivity contribution in [3.8, 4) is 23.0 Å². The van der Waals surface area contributed by atoms with Crippen LogP contribution < -0.4 is 19.5 Å². The SMILES string of the molecule is CCN(CC)c1ccc(C2=C([O-])/C(=C3/C=CC(=[N+](CC)CC)C=C3OC(=O)CCc3cc(C)c(O)c(C)c3C)C2=O)c(OC(=O)COc2cc(C)c(O)c(C)c2C)c1. The van der Waals surface area contributed by atoms with Gasteiger partial charge >= 0.3 is 11.9 Å². The Morgan fingerprint density at radius 3 is 2.02 bits per heavy atom. The molecule has 2 N–H and O–H groups in total. The average Bonchev–Trinajstić information content (AvgIpc) is 3.20. The normalized spacial score (nSPS) is 15.0. The maximum Gasteiger partial charge on any atom is 0.349 e.